The molecule has 2 N–H and O–H groups in total. The van der Waals surface area contributed by atoms with Gasteiger partial charge in [0, 0.05) is 0 Å². The molecule has 4 nitrogen and oxygen atoms in total. The molecule has 0 aliphatic rings. The van der Waals surface area contributed by atoms with Crippen molar-refractivity contribution in [3.63, 3.8) is 0 Å². The van der Waals surface area contributed by atoms with Crippen LogP contribution in [0.1, 0.15) is 51.7 Å². The molecule has 2 aromatic carbocycles. The van der Waals surface area contributed by atoms with Crippen molar-refractivity contribution in [1.82, 2.24) is 5.32 Å². The molecule has 1 atom stereocenters. The second-order valence-electron chi connectivity index (χ2n) is 7.72. The molecular weight excluding hydrogens is 350 g/mol. The Morgan fingerprint density at radius 3 is 2.36 bits per heavy atom. The highest BCUT2D eigenvalue weighted by atomic mass is 16.5. The topological polar surface area (TPSA) is 58.6 Å². The molecule has 0 heterocycles. The zero-order chi connectivity index (χ0) is 20.6. The van der Waals surface area contributed by atoms with Crippen LogP contribution in [0.4, 0.5) is 0 Å². The average molecular weight is 382 g/mol. The summed E-state index contributed by atoms with van der Waals surface area (Å²) in [6, 6.07) is 17.0. The first-order valence-corrected chi connectivity index (χ1v) is 9.83. The van der Waals surface area contributed by atoms with Crippen LogP contribution < -0.4 is 10.1 Å². The maximum absolute atomic E-state index is 12.8. The molecule has 0 aliphatic carbocycles. The van der Waals surface area contributed by atoms with E-state index in [-0.39, 0.29) is 11.5 Å². The largest absolute Gasteiger partial charge is 0.515 e. The quantitative estimate of drug-likeness (QED) is 0.448. The first-order valence-electron chi connectivity index (χ1n) is 9.83. The van der Waals surface area contributed by atoms with E-state index in [2.05, 4.69) is 19.2 Å². The summed E-state index contributed by atoms with van der Waals surface area (Å²) in [6.45, 7) is 8.87. The van der Waals surface area contributed by atoms with Gasteiger partial charge in [0.15, 0.2) is 0 Å². The number of aliphatic hydroxyl groups is 1. The third-order valence-corrected chi connectivity index (χ3v) is 4.78. The lowest BCUT2D eigenvalue weighted by Gasteiger charge is -2.27. The van der Waals surface area contributed by atoms with Gasteiger partial charge >= 0.3 is 0 Å². The minimum Gasteiger partial charge on any atom is -0.515 e. The third kappa shape index (κ3) is 5.88. The number of amides is 1. The van der Waals surface area contributed by atoms with Crippen LogP contribution in [0.15, 0.2) is 60.9 Å². The predicted octanol–water partition coefficient (Wildman–Crippen LogP) is 5.45. The predicted molar refractivity (Wildman–Crippen MR) is 114 cm³/mol. The van der Waals surface area contributed by atoms with Crippen LogP contribution in [0.25, 0.3) is 5.57 Å². The number of hydrogen-bond donors (Lipinski definition) is 2. The van der Waals surface area contributed by atoms with Gasteiger partial charge in [0.1, 0.15) is 5.75 Å². The Hall–Kier alpha value is -2.75. The van der Waals surface area contributed by atoms with Crippen LogP contribution in [0.5, 0.6) is 5.75 Å². The molecule has 0 unspecified atom stereocenters. The fourth-order valence-corrected chi connectivity index (χ4v) is 3.09. The molecule has 0 fully saturated rings. The van der Waals surface area contributed by atoms with Crippen LogP contribution in [-0.2, 0) is 10.3 Å². The zero-order valence-electron chi connectivity index (χ0n) is 17.2. The first-order chi connectivity index (χ1) is 13.4. The Bertz CT molecular complexity index is 779. The van der Waals surface area contributed by atoms with Crippen molar-refractivity contribution in [2.24, 2.45) is 5.92 Å². The molecule has 0 saturated carbocycles. The summed E-state index contributed by atoms with van der Waals surface area (Å²) in [6.07, 6.45) is 3.13. The van der Waals surface area contributed by atoms with E-state index >= 15 is 0 Å². The summed E-state index contributed by atoms with van der Waals surface area (Å²) in [5.74, 6) is 0.930. The van der Waals surface area contributed by atoms with Gasteiger partial charge in [-0.15, -0.1) is 0 Å². The molecule has 0 aliphatic heterocycles. The average Bonchev–Trinajstić information content (AvgIpc) is 2.68. The molecule has 4 heteroatoms. The number of aliphatic hydroxyl groups excluding tert-OH is 1. The van der Waals surface area contributed by atoms with Gasteiger partial charge < -0.3 is 15.2 Å². The van der Waals surface area contributed by atoms with Crippen molar-refractivity contribution in [2.45, 2.75) is 46.1 Å². The smallest absolute Gasteiger partial charge is 0.255 e. The second kappa shape index (κ2) is 9.98. The Morgan fingerprint density at radius 1 is 1.14 bits per heavy atom. The molecule has 0 aromatic heterocycles. The standard InChI is InChI=1S/C24H31NO3/c1-5-9-18(2)17-28-21-14-12-19(13-15-21)22(16-26)23(27)25-24(3,4)20-10-7-6-8-11-20/h6-8,10-16,18,26H,5,9,17H2,1-4H3,(H,25,27)/t18-/m0/s1. The van der Waals surface area contributed by atoms with Crippen molar-refractivity contribution >= 4 is 11.5 Å². The van der Waals surface area contributed by atoms with E-state index in [4.69, 9.17) is 4.74 Å². The summed E-state index contributed by atoms with van der Waals surface area (Å²) in [7, 11) is 0. The lowest BCUT2D eigenvalue weighted by Crippen LogP contribution is -2.41. The van der Waals surface area contributed by atoms with Gasteiger partial charge in [-0.3, -0.25) is 4.79 Å². The van der Waals surface area contributed by atoms with Crippen LogP contribution in [0.3, 0.4) is 0 Å². The summed E-state index contributed by atoms with van der Waals surface area (Å²) >= 11 is 0. The number of hydrogen-bond acceptors (Lipinski definition) is 3. The highest BCUT2D eigenvalue weighted by Crippen LogP contribution is 2.24. The molecular formula is C24H31NO3. The van der Waals surface area contributed by atoms with Gasteiger partial charge in [-0.05, 0) is 49.4 Å². The van der Waals surface area contributed by atoms with Gasteiger partial charge in [-0.2, -0.15) is 0 Å². The second-order valence-corrected chi connectivity index (χ2v) is 7.72. The van der Waals surface area contributed by atoms with E-state index in [9.17, 15) is 9.90 Å². The maximum Gasteiger partial charge on any atom is 0.255 e. The molecule has 0 saturated heterocycles. The highest BCUT2D eigenvalue weighted by Gasteiger charge is 2.25. The first kappa shape index (κ1) is 21.5. The number of nitrogens with one attached hydrogen (secondary N) is 1. The number of benzene rings is 2. The van der Waals surface area contributed by atoms with Crippen molar-refractivity contribution in [2.75, 3.05) is 6.61 Å². The molecule has 0 bridgehead atoms. The Kier molecular flexibility index (Phi) is 7.68. The summed E-state index contributed by atoms with van der Waals surface area (Å²) in [4.78, 5) is 12.8. The fraction of sp³-hybridized carbons (Fsp3) is 0.375. The van der Waals surface area contributed by atoms with E-state index < -0.39 is 5.54 Å². The van der Waals surface area contributed by atoms with Crippen molar-refractivity contribution in [3.8, 4) is 5.75 Å². The molecule has 2 aromatic rings. The van der Waals surface area contributed by atoms with Gasteiger partial charge in [0.25, 0.3) is 5.91 Å². The van der Waals surface area contributed by atoms with E-state index in [1.54, 1.807) is 12.1 Å². The van der Waals surface area contributed by atoms with Crippen LogP contribution in [0.2, 0.25) is 0 Å². The minimum atomic E-state index is -0.564. The van der Waals surface area contributed by atoms with Gasteiger partial charge in [-0.1, -0.05) is 62.7 Å². The Labute approximate surface area is 168 Å². The van der Waals surface area contributed by atoms with E-state index in [1.165, 1.54) is 0 Å². The van der Waals surface area contributed by atoms with E-state index in [0.29, 0.717) is 18.1 Å². The molecule has 2 rings (SSSR count). The van der Waals surface area contributed by atoms with Crippen LogP contribution in [-0.4, -0.2) is 17.6 Å². The normalized spacial score (nSPS) is 13.1. The summed E-state index contributed by atoms with van der Waals surface area (Å²) in [5, 5.41) is 12.7. The zero-order valence-corrected chi connectivity index (χ0v) is 17.2. The van der Waals surface area contributed by atoms with E-state index in [1.807, 2.05) is 56.3 Å². The van der Waals surface area contributed by atoms with Crippen molar-refractivity contribution < 1.29 is 14.6 Å². The van der Waals surface area contributed by atoms with Crippen LogP contribution >= 0.6 is 0 Å². The van der Waals surface area contributed by atoms with Gasteiger partial charge in [0.2, 0.25) is 0 Å². The third-order valence-electron chi connectivity index (χ3n) is 4.78. The Balaban J connectivity index is 2.05. The summed E-state index contributed by atoms with van der Waals surface area (Å²) < 4.78 is 5.81. The van der Waals surface area contributed by atoms with Crippen LogP contribution in [0, 0.1) is 5.92 Å². The summed E-state index contributed by atoms with van der Waals surface area (Å²) in [5.41, 5.74) is 1.28. The highest BCUT2D eigenvalue weighted by molar-refractivity contribution is 6.19. The van der Waals surface area contributed by atoms with E-state index in [0.717, 1.165) is 30.4 Å². The van der Waals surface area contributed by atoms with Crippen molar-refractivity contribution in [3.05, 3.63) is 72.0 Å². The monoisotopic (exact) mass is 381 g/mol. The number of rotatable bonds is 9. The number of carbonyl (C=O) groups is 1. The molecule has 0 spiro atoms. The molecule has 1 amide bonds. The fourth-order valence-electron chi connectivity index (χ4n) is 3.09. The Morgan fingerprint density at radius 2 is 1.79 bits per heavy atom. The SMILES string of the molecule is CCC[C@H](C)COc1ccc(C(=CO)C(=O)NC(C)(C)c2ccccc2)cc1. The molecule has 0 radical (unpaired) electrons. The van der Waals surface area contributed by atoms with Crippen molar-refractivity contribution in [1.29, 1.82) is 0 Å². The number of carbonyl (C=O) groups excluding carboxylic acids is 1. The molecule has 150 valence electrons. The van der Waals surface area contributed by atoms with Gasteiger partial charge in [-0.25, -0.2) is 0 Å². The molecule has 28 heavy (non-hydrogen) atoms. The lowest BCUT2D eigenvalue weighted by atomic mass is 9.93. The maximum atomic E-state index is 12.8. The van der Waals surface area contributed by atoms with Gasteiger partial charge in [0.05, 0.1) is 24.0 Å². The number of ether oxygens (including phenoxy) is 1. The minimum absolute atomic E-state index is 0.218. The lowest BCUT2D eigenvalue weighted by molar-refractivity contribution is -0.117.